The van der Waals surface area contributed by atoms with Crippen molar-refractivity contribution in [1.29, 1.82) is 0 Å². The van der Waals surface area contributed by atoms with E-state index in [1.54, 1.807) is 24.3 Å². The number of ether oxygens (including phenoxy) is 1. The predicted molar refractivity (Wildman–Crippen MR) is 108 cm³/mol. The summed E-state index contributed by atoms with van der Waals surface area (Å²) in [5.41, 5.74) is 5.37. The smallest absolute Gasteiger partial charge is 0.243 e. The third-order valence-electron chi connectivity index (χ3n) is 6.70. The van der Waals surface area contributed by atoms with E-state index in [4.69, 9.17) is 10.5 Å². The molecule has 5 rings (SSSR count). The van der Waals surface area contributed by atoms with Crippen molar-refractivity contribution >= 4 is 23.4 Å². The van der Waals surface area contributed by atoms with Gasteiger partial charge in [0.05, 0.1) is 25.3 Å². The van der Waals surface area contributed by atoms with Crippen LogP contribution in [-0.2, 0) is 14.4 Å². The van der Waals surface area contributed by atoms with Gasteiger partial charge < -0.3 is 21.1 Å². The minimum Gasteiger partial charge on any atom is -0.491 e. The van der Waals surface area contributed by atoms with Crippen molar-refractivity contribution < 1.29 is 19.1 Å². The molecule has 0 radical (unpaired) electrons. The van der Waals surface area contributed by atoms with Crippen LogP contribution >= 0.6 is 0 Å². The number of rotatable bonds is 8. The van der Waals surface area contributed by atoms with Crippen molar-refractivity contribution in [2.45, 2.75) is 44.9 Å². The highest BCUT2D eigenvalue weighted by Crippen LogP contribution is 2.60. The lowest BCUT2D eigenvalue weighted by molar-refractivity contribution is -0.146. The van der Waals surface area contributed by atoms with E-state index in [9.17, 15) is 14.4 Å². The van der Waals surface area contributed by atoms with Crippen molar-refractivity contribution in [2.75, 3.05) is 18.5 Å². The summed E-state index contributed by atoms with van der Waals surface area (Å²) in [6.45, 7) is 0.0845. The molecule has 7 heteroatoms. The lowest BCUT2D eigenvalue weighted by Crippen LogP contribution is -2.54. The van der Waals surface area contributed by atoms with Gasteiger partial charge in [0.2, 0.25) is 17.7 Å². The molecule has 156 valence electrons. The van der Waals surface area contributed by atoms with Gasteiger partial charge in [-0.25, -0.2) is 0 Å². The summed E-state index contributed by atoms with van der Waals surface area (Å²) in [6.07, 6.45) is 6.86. The van der Waals surface area contributed by atoms with Crippen LogP contribution in [0.1, 0.15) is 44.9 Å². The van der Waals surface area contributed by atoms with Crippen molar-refractivity contribution in [1.82, 2.24) is 5.32 Å². The molecule has 4 saturated carbocycles. The highest BCUT2D eigenvalue weighted by Gasteiger charge is 2.54. The molecule has 0 unspecified atom stereocenters. The number of benzene rings is 1. The lowest BCUT2D eigenvalue weighted by Gasteiger charge is -2.55. The van der Waals surface area contributed by atoms with Crippen molar-refractivity contribution in [2.24, 2.45) is 28.9 Å². The highest BCUT2D eigenvalue weighted by molar-refractivity contribution is 5.96. The molecule has 0 heterocycles. The number of hydrogen-bond acceptors (Lipinski definition) is 4. The molecule has 0 atom stereocenters. The first-order chi connectivity index (χ1) is 13.9. The SMILES string of the molecule is NC(=O)CCOc1ccccc1NC(=O)CNC(=O)C12CC3CC(CC(C3)C1)C2. The molecule has 0 spiro atoms. The summed E-state index contributed by atoms with van der Waals surface area (Å²) in [6, 6.07) is 7.00. The fourth-order valence-electron chi connectivity index (χ4n) is 5.89. The number of nitrogens with two attached hydrogens (primary N) is 1. The van der Waals surface area contributed by atoms with Gasteiger partial charge in [0, 0.05) is 5.41 Å². The zero-order valence-corrected chi connectivity index (χ0v) is 16.6. The maximum Gasteiger partial charge on any atom is 0.243 e. The summed E-state index contributed by atoms with van der Waals surface area (Å²) in [7, 11) is 0. The number of carbonyl (C=O) groups excluding carboxylic acids is 3. The molecule has 1 aromatic rings. The van der Waals surface area contributed by atoms with Gasteiger partial charge in [-0.1, -0.05) is 12.1 Å². The van der Waals surface area contributed by atoms with Crippen LogP contribution in [0, 0.1) is 23.2 Å². The average Bonchev–Trinajstić information content (AvgIpc) is 2.66. The average molecular weight is 399 g/mol. The Morgan fingerprint density at radius 3 is 2.28 bits per heavy atom. The Bertz CT molecular complexity index is 772. The second-order valence-corrected chi connectivity index (χ2v) is 8.99. The van der Waals surface area contributed by atoms with Crippen LogP contribution in [0.2, 0.25) is 0 Å². The van der Waals surface area contributed by atoms with Crippen molar-refractivity contribution in [3.63, 3.8) is 0 Å². The molecule has 7 nitrogen and oxygen atoms in total. The van der Waals surface area contributed by atoms with E-state index >= 15 is 0 Å². The summed E-state index contributed by atoms with van der Waals surface area (Å²) in [5.74, 6) is 1.82. The van der Waals surface area contributed by atoms with Gasteiger partial charge in [-0.3, -0.25) is 14.4 Å². The Balaban J connectivity index is 1.30. The lowest BCUT2D eigenvalue weighted by atomic mass is 9.49. The normalized spacial score (nSPS) is 29.3. The largest absolute Gasteiger partial charge is 0.491 e. The number of primary amides is 1. The van der Waals surface area contributed by atoms with Crippen LogP contribution in [0.25, 0.3) is 0 Å². The Kier molecular flexibility index (Phi) is 5.48. The molecule has 0 aromatic heterocycles. The van der Waals surface area contributed by atoms with E-state index in [-0.39, 0.29) is 36.8 Å². The van der Waals surface area contributed by atoms with E-state index in [0.29, 0.717) is 29.2 Å². The number of hydrogen-bond donors (Lipinski definition) is 3. The Labute approximate surface area is 170 Å². The first-order valence-electron chi connectivity index (χ1n) is 10.5. The van der Waals surface area contributed by atoms with Crippen molar-refractivity contribution in [3.8, 4) is 5.75 Å². The maximum absolute atomic E-state index is 13.0. The van der Waals surface area contributed by atoms with Crippen LogP contribution in [-0.4, -0.2) is 30.9 Å². The number of para-hydroxylation sites is 2. The molecule has 29 heavy (non-hydrogen) atoms. The first kappa shape index (κ1) is 19.7. The van der Waals surface area contributed by atoms with Gasteiger partial charge >= 0.3 is 0 Å². The molecule has 4 bridgehead atoms. The molecule has 4 aliphatic carbocycles. The fraction of sp³-hybridized carbons (Fsp3) is 0.591. The van der Waals surface area contributed by atoms with Crippen molar-refractivity contribution in [3.05, 3.63) is 24.3 Å². The molecule has 1 aromatic carbocycles. The number of carbonyl (C=O) groups is 3. The molecule has 4 N–H and O–H groups in total. The second kappa shape index (κ2) is 8.05. The van der Waals surface area contributed by atoms with E-state index in [1.807, 2.05) is 0 Å². The third kappa shape index (κ3) is 4.38. The minimum absolute atomic E-state index is 0.0396. The molecule has 4 fully saturated rings. The van der Waals surface area contributed by atoms with Gasteiger partial charge in [-0.15, -0.1) is 0 Å². The summed E-state index contributed by atoms with van der Waals surface area (Å²) < 4.78 is 5.54. The quantitative estimate of drug-likeness (QED) is 0.622. The number of amides is 3. The van der Waals surface area contributed by atoms with Crippen LogP contribution in [0.15, 0.2) is 24.3 Å². The first-order valence-corrected chi connectivity index (χ1v) is 10.5. The van der Waals surface area contributed by atoms with Crippen LogP contribution in [0.3, 0.4) is 0 Å². The monoisotopic (exact) mass is 399 g/mol. The van der Waals surface area contributed by atoms with Gasteiger partial charge in [0.15, 0.2) is 0 Å². The zero-order valence-electron chi connectivity index (χ0n) is 16.6. The Morgan fingerprint density at radius 1 is 1.03 bits per heavy atom. The number of anilines is 1. The predicted octanol–water partition coefficient (Wildman–Crippen LogP) is 2.21. The van der Waals surface area contributed by atoms with Crippen LogP contribution < -0.4 is 21.1 Å². The molecule has 0 saturated heterocycles. The zero-order chi connectivity index (χ0) is 20.4. The van der Waals surface area contributed by atoms with Gasteiger partial charge in [0.25, 0.3) is 0 Å². The van der Waals surface area contributed by atoms with Gasteiger partial charge in [-0.2, -0.15) is 0 Å². The van der Waals surface area contributed by atoms with Crippen LogP contribution in [0.4, 0.5) is 5.69 Å². The Morgan fingerprint density at radius 2 is 1.66 bits per heavy atom. The second-order valence-electron chi connectivity index (χ2n) is 8.99. The third-order valence-corrected chi connectivity index (χ3v) is 6.70. The summed E-state index contributed by atoms with van der Waals surface area (Å²) in [4.78, 5) is 36.3. The molecule has 4 aliphatic rings. The summed E-state index contributed by atoms with van der Waals surface area (Å²) >= 11 is 0. The summed E-state index contributed by atoms with van der Waals surface area (Å²) in [5, 5.41) is 5.67. The molecular weight excluding hydrogens is 370 g/mol. The van der Waals surface area contributed by atoms with Gasteiger partial charge in [-0.05, 0) is 68.4 Å². The van der Waals surface area contributed by atoms with E-state index in [0.717, 1.165) is 19.3 Å². The van der Waals surface area contributed by atoms with Gasteiger partial charge in [0.1, 0.15) is 5.75 Å². The van der Waals surface area contributed by atoms with E-state index < -0.39 is 5.91 Å². The minimum atomic E-state index is -0.445. The van der Waals surface area contributed by atoms with Crippen LogP contribution in [0.5, 0.6) is 5.75 Å². The maximum atomic E-state index is 13.0. The molecular formula is C22H29N3O4. The molecule has 3 amide bonds. The topological polar surface area (TPSA) is 111 Å². The number of nitrogens with one attached hydrogen (secondary N) is 2. The highest BCUT2D eigenvalue weighted by atomic mass is 16.5. The molecule has 0 aliphatic heterocycles. The standard InChI is InChI=1S/C22H29N3O4/c23-19(26)5-6-29-18-4-2-1-3-17(18)25-20(27)13-24-21(28)22-10-14-7-15(11-22)9-16(8-14)12-22/h1-4,14-16H,5-13H2,(H2,23,26)(H,24,28)(H,25,27). The van der Waals surface area contributed by atoms with E-state index in [1.165, 1.54) is 19.3 Å². The Hall–Kier alpha value is -2.57. The van der Waals surface area contributed by atoms with E-state index in [2.05, 4.69) is 10.6 Å². The fourth-order valence-corrected chi connectivity index (χ4v) is 5.89.